The topological polar surface area (TPSA) is 80.9 Å². The molecule has 22 heavy (non-hydrogen) atoms. The highest BCUT2D eigenvalue weighted by atomic mass is 79.9. The molecule has 2 heterocycles. The molecule has 0 unspecified atom stereocenters. The van der Waals surface area contributed by atoms with E-state index in [0.29, 0.717) is 17.3 Å². The van der Waals surface area contributed by atoms with Gasteiger partial charge >= 0.3 is 0 Å². The average Bonchev–Trinajstić information content (AvgIpc) is 3.03. The van der Waals surface area contributed by atoms with E-state index in [0.717, 1.165) is 10.0 Å². The van der Waals surface area contributed by atoms with Crippen molar-refractivity contribution in [2.45, 2.75) is 6.54 Å². The Morgan fingerprint density at radius 3 is 2.68 bits per heavy atom. The van der Waals surface area contributed by atoms with Crippen LogP contribution in [0.4, 0.5) is 0 Å². The minimum absolute atomic E-state index is 0.165. The van der Waals surface area contributed by atoms with Crippen LogP contribution in [0.25, 0.3) is 11.5 Å². The second-order valence-corrected chi connectivity index (χ2v) is 5.25. The lowest BCUT2D eigenvalue weighted by atomic mass is 10.2. The minimum atomic E-state index is -0.212. The summed E-state index contributed by atoms with van der Waals surface area (Å²) in [4.78, 5) is 16.0. The van der Waals surface area contributed by atoms with E-state index in [1.807, 2.05) is 12.1 Å². The number of pyridine rings is 1. The second-order valence-electron chi connectivity index (χ2n) is 4.40. The molecule has 1 N–H and O–H groups in total. The summed E-state index contributed by atoms with van der Waals surface area (Å²) in [5, 5.41) is 10.6. The third-order valence-electron chi connectivity index (χ3n) is 2.91. The number of carbonyl (C=O) groups is 1. The lowest BCUT2D eigenvalue weighted by Gasteiger charge is -2.04. The van der Waals surface area contributed by atoms with Crippen molar-refractivity contribution in [3.05, 3.63) is 64.7 Å². The van der Waals surface area contributed by atoms with Crippen LogP contribution in [-0.4, -0.2) is 21.1 Å². The Bertz CT molecular complexity index is 789. The Kier molecular flexibility index (Phi) is 4.24. The minimum Gasteiger partial charge on any atom is -0.419 e. The summed E-state index contributed by atoms with van der Waals surface area (Å²) in [5.74, 6) is 0.524. The van der Waals surface area contributed by atoms with Crippen LogP contribution < -0.4 is 5.32 Å². The zero-order valence-corrected chi connectivity index (χ0v) is 12.9. The standard InChI is InChI=1S/C15H11BrN4O2/c16-12-4-2-1-3-11(12)14(21)18-9-13-19-20-15(22-13)10-5-7-17-8-6-10/h1-8H,9H2,(H,18,21). The molecular formula is C15H11BrN4O2. The monoisotopic (exact) mass is 358 g/mol. The lowest BCUT2D eigenvalue weighted by molar-refractivity contribution is 0.0946. The molecule has 3 rings (SSSR count). The van der Waals surface area contributed by atoms with Gasteiger partial charge in [-0.1, -0.05) is 12.1 Å². The van der Waals surface area contributed by atoms with E-state index in [4.69, 9.17) is 4.42 Å². The number of halogens is 1. The molecule has 6 nitrogen and oxygen atoms in total. The van der Waals surface area contributed by atoms with Crippen molar-refractivity contribution in [3.63, 3.8) is 0 Å². The molecule has 1 aromatic carbocycles. The molecule has 7 heteroatoms. The zero-order valence-electron chi connectivity index (χ0n) is 11.4. The molecule has 0 bridgehead atoms. The van der Waals surface area contributed by atoms with Gasteiger partial charge < -0.3 is 9.73 Å². The maximum absolute atomic E-state index is 12.1. The summed E-state index contributed by atoms with van der Waals surface area (Å²) in [6, 6.07) is 10.7. The van der Waals surface area contributed by atoms with Crippen molar-refractivity contribution in [1.29, 1.82) is 0 Å². The van der Waals surface area contributed by atoms with E-state index < -0.39 is 0 Å². The highest BCUT2D eigenvalue weighted by Gasteiger charge is 2.12. The first-order valence-corrected chi connectivity index (χ1v) is 7.29. The van der Waals surface area contributed by atoms with Gasteiger partial charge in [0, 0.05) is 22.4 Å². The van der Waals surface area contributed by atoms with Crippen molar-refractivity contribution in [2.75, 3.05) is 0 Å². The molecule has 1 amide bonds. The number of rotatable bonds is 4. The molecule has 2 aromatic heterocycles. The molecule has 0 radical (unpaired) electrons. The maximum Gasteiger partial charge on any atom is 0.252 e. The van der Waals surface area contributed by atoms with Crippen LogP contribution in [-0.2, 0) is 6.54 Å². The zero-order chi connectivity index (χ0) is 15.4. The van der Waals surface area contributed by atoms with Gasteiger partial charge in [0.15, 0.2) is 0 Å². The van der Waals surface area contributed by atoms with Crippen molar-refractivity contribution >= 4 is 21.8 Å². The van der Waals surface area contributed by atoms with Crippen LogP contribution in [0.2, 0.25) is 0 Å². The molecule has 3 aromatic rings. The Hall–Kier alpha value is -2.54. The summed E-state index contributed by atoms with van der Waals surface area (Å²) in [7, 11) is 0. The van der Waals surface area contributed by atoms with Crippen molar-refractivity contribution < 1.29 is 9.21 Å². The van der Waals surface area contributed by atoms with E-state index in [2.05, 4.69) is 36.4 Å². The van der Waals surface area contributed by atoms with Gasteiger partial charge in [-0.15, -0.1) is 10.2 Å². The molecular weight excluding hydrogens is 348 g/mol. The van der Waals surface area contributed by atoms with E-state index >= 15 is 0 Å². The third-order valence-corrected chi connectivity index (χ3v) is 3.60. The van der Waals surface area contributed by atoms with Gasteiger partial charge in [0.05, 0.1) is 12.1 Å². The van der Waals surface area contributed by atoms with Gasteiger partial charge in [-0.2, -0.15) is 0 Å². The quantitative estimate of drug-likeness (QED) is 0.775. The van der Waals surface area contributed by atoms with Gasteiger partial charge in [-0.05, 0) is 40.2 Å². The third kappa shape index (κ3) is 3.20. The fourth-order valence-electron chi connectivity index (χ4n) is 1.83. The Morgan fingerprint density at radius 1 is 1.14 bits per heavy atom. The number of carbonyl (C=O) groups excluding carboxylic acids is 1. The molecule has 0 saturated heterocycles. The molecule has 110 valence electrons. The Labute approximate surface area is 134 Å². The Balaban J connectivity index is 1.67. The molecule has 0 saturated carbocycles. The number of benzene rings is 1. The van der Waals surface area contributed by atoms with Crippen molar-refractivity contribution in [1.82, 2.24) is 20.5 Å². The summed E-state index contributed by atoms with van der Waals surface area (Å²) < 4.78 is 6.24. The summed E-state index contributed by atoms with van der Waals surface area (Å²) in [5.41, 5.74) is 1.34. The molecule has 0 spiro atoms. The highest BCUT2D eigenvalue weighted by molar-refractivity contribution is 9.10. The van der Waals surface area contributed by atoms with Gasteiger partial charge in [-0.25, -0.2) is 0 Å². The van der Waals surface area contributed by atoms with Crippen LogP contribution in [0.5, 0.6) is 0 Å². The first-order valence-electron chi connectivity index (χ1n) is 6.49. The predicted molar refractivity (Wildman–Crippen MR) is 82.8 cm³/mol. The average molecular weight is 359 g/mol. The molecule has 0 atom stereocenters. The molecule has 0 aliphatic carbocycles. The summed E-state index contributed by atoms with van der Waals surface area (Å²) >= 11 is 3.34. The number of aromatic nitrogens is 3. The van der Waals surface area contributed by atoms with Gasteiger partial charge in [-0.3, -0.25) is 9.78 Å². The summed E-state index contributed by atoms with van der Waals surface area (Å²) in [6.07, 6.45) is 3.29. The summed E-state index contributed by atoms with van der Waals surface area (Å²) in [6.45, 7) is 0.165. The van der Waals surface area contributed by atoms with Crippen LogP contribution in [0, 0.1) is 0 Å². The smallest absolute Gasteiger partial charge is 0.252 e. The fourth-order valence-corrected chi connectivity index (χ4v) is 2.30. The number of nitrogens with zero attached hydrogens (tertiary/aromatic N) is 3. The van der Waals surface area contributed by atoms with E-state index in [9.17, 15) is 4.79 Å². The molecule has 0 fully saturated rings. The van der Waals surface area contributed by atoms with Crippen molar-refractivity contribution in [2.24, 2.45) is 0 Å². The normalized spacial score (nSPS) is 10.4. The molecule has 0 aliphatic rings. The molecule has 0 aliphatic heterocycles. The maximum atomic E-state index is 12.1. The number of hydrogen-bond donors (Lipinski definition) is 1. The van der Waals surface area contributed by atoms with Gasteiger partial charge in [0.25, 0.3) is 5.91 Å². The lowest BCUT2D eigenvalue weighted by Crippen LogP contribution is -2.23. The van der Waals surface area contributed by atoms with Crippen molar-refractivity contribution in [3.8, 4) is 11.5 Å². The van der Waals surface area contributed by atoms with E-state index in [1.54, 1.807) is 36.7 Å². The van der Waals surface area contributed by atoms with Gasteiger partial charge in [0.1, 0.15) is 0 Å². The second kappa shape index (κ2) is 6.48. The number of nitrogens with one attached hydrogen (secondary N) is 1. The van der Waals surface area contributed by atoms with Crippen LogP contribution >= 0.6 is 15.9 Å². The van der Waals surface area contributed by atoms with Crippen LogP contribution in [0.3, 0.4) is 0 Å². The van der Waals surface area contributed by atoms with E-state index in [1.165, 1.54) is 0 Å². The number of hydrogen-bond acceptors (Lipinski definition) is 5. The fraction of sp³-hybridized carbons (Fsp3) is 0.0667. The SMILES string of the molecule is O=C(NCc1nnc(-c2ccncc2)o1)c1ccccc1Br. The first-order chi connectivity index (χ1) is 10.7. The first kappa shape index (κ1) is 14.4. The van der Waals surface area contributed by atoms with Gasteiger partial charge in [0.2, 0.25) is 11.8 Å². The number of amides is 1. The van der Waals surface area contributed by atoms with Crippen LogP contribution in [0.1, 0.15) is 16.2 Å². The predicted octanol–water partition coefficient (Wildman–Crippen LogP) is 2.82. The largest absolute Gasteiger partial charge is 0.419 e. The van der Waals surface area contributed by atoms with Crippen LogP contribution in [0.15, 0.2) is 57.7 Å². The Morgan fingerprint density at radius 2 is 1.91 bits per heavy atom. The highest BCUT2D eigenvalue weighted by Crippen LogP contribution is 2.17. The van der Waals surface area contributed by atoms with E-state index in [-0.39, 0.29) is 12.5 Å².